The second-order valence-electron chi connectivity index (χ2n) is 25.2. The van der Waals surface area contributed by atoms with Crippen molar-refractivity contribution in [2.75, 3.05) is 40.2 Å². The van der Waals surface area contributed by atoms with Crippen LogP contribution in [0.25, 0.3) is 32.3 Å². The highest BCUT2D eigenvalue weighted by Crippen LogP contribution is 2.31. The number of nitro benzene ring substituents is 3. The van der Waals surface area contributed by atoms with E-state index in [0.717, 1.165) is 37.9 Å². The molecule has 9 aromatic rings. The zero-order chi connectivity index (χ0) is 80.4. The molecule has 35 nitrogen and oxygen atoms in total. The van der Waals surface area contributed by atoms with E-state index in [2.05, 4.69) is 66.4 Å². The summed E-state index contributed by atoms with van der Waals surface area (Å²) >= 11 is 9.12. The van der Waals surface area contributed by atoms with Crippen molar-refractivity contribution in [2.24, 2.45) is 5.73 Å². The SMILES string of the molecule is COc1cc(CNCC(=O)NON(C(=O)[C@H](C)NCc2cc(OC)c3ccccc3c2)N(ONC(=O)[C@H](CONC(=O)[C@@H](NCc2ccccc2[N+](=O)[O-])[C@@H](C)ONC(=O)[C@H](CS)NCc2ccccc2[N+](=O)[O-])NCc2ccccc2[N+](=O)[O-])C(S)[C@H](NCc2cc(OC)c3ccccc3c2)C(N)=O)cc2ccccc12. The first-order valence-corrected chi connectivity index (χ1v) is 35.9. The van der Waals surface area contributed by atoms with E-state index in [4.69, 9.17) is 52.1 Å². The Kier molecular flexibility index (Phi) is 31.3. The molecule has 0 spiro atoms. The monoisotopic (exact) mass is 1580 g/mol. The van der Waals surface area contributed by atoms with Gasteiger partial charge in [-0.3, -0.25) is 84.7 Å². The van der Waals surface area contributed by atoms with Gasteiger partial charge in [0.2, 0.25) is 5.91 Å². The maximum Gasteiger partial charge on any atom is 0.282 e. The third-order valence-electron chi connectivity index (χ3n) is 17.6. The van der Waals surface area contributed by atoms with Crippen molar-refractivity contribution in [3.63, 3.8) is 0 Å². The normalized spacial score (nSPS) is 13.2. The number of carbonyl (C=O) groups excluding carboxylic acids is 6. The largest absolute Gasteiger partial charge is 0.496 e. The van der Waals surface area contributed by atoms with Crippen molar-refractivity contribution < 1.29 is 77.3 Å². The number of ether oxygens (including phenoxy) is 3. The number of nitrogens with one attached hydrogen (secondary N) is 10. The van der Waals surface area contributed by atoms with Crippen molar-refractivity contribution in [3.8, 4) is 17.2 Å². The van der Waals surface area contributed by atoms with E-state index in [1.54, 1.807) is 24.3 Å². The molecule has 7 atom stereocenters. The molecular weight excluding hydrogens is 1490 g/mol. The summed E-state index contributed by atoms with van der Waals surface area (Å²) in [5.74, 6) is -4.72. The molecule has 0 aromatic heterocycles. The Bertz CT molecular complexity index is 4840. The molecule has 0 fully saturated rings. The summed E-state index contributed by atoms with van der Waals surface area (Å²) in [5.41, 5.74) is 16.6. The lowest BCUT2D eigenvalue weighted by Gasteiger charge is -2.37. The van der Waals surface area contributed by atoms with Crippen LogP contribution in [-0.2, 0) is 87.6 Å². The molecule has 590 valence electrons. The van der Waals surface area contributed by atoms with Crippen LogP contribution in [-0.4, -0.2) is 142 Å². The third kappa shape index (κ3) is 22.8. The smallest absolute Gasteiger partial charge is 0.282 e. The van der Waals surface area contributed by atoms with E-state index >= 15 is 9.59 Å². The van der Waals surface area contributed by atoms with Crippen molar-refractivity contribution in [1.82, 2.24) is 64.2 Å². The number of carbonyl (C=O) groups is 6. The van der Waals surface area contributed by atoms with Gasteiger partial charge in [-0.25, -0.2) is 21.9 Å². The molecule has 0 heterocycles. The van der Waals surface area contributed by atoms with Gasteiger partial charge >= 0.3 is 0 Å². The number of thiol groups is 2. The number of hydrazine groups is 1. The number of methoxy groups -OCH3 is 3. The minimum absolute atomic E-state index is 0.000183. The molecule has 0 aliphatic carbocycles. The quantitative estimate of drug-likeness (QED) is 0.00911. The molecule has 1 unspecified atom stereocenters. The Balaban J connectivity index is 1.02. The standard InChI is InChI=1S/C75H84N16O19S2/c1-45(78-37-48-31-51-19-7-13-25-57(51)65(34-48)105-4)74(97)87(109-83-67(92)42-77-36-47-30-50-18-6-12-24-56(50)64(33-47)104-3)88(75(112)69(70(76)93)81-38-49-32-52-20-8-14-26-58(52)66(35-49)106-5)110-86-71(94)59(79-39-53-21-9-15-27-61(53)89(98)99)43-107-84-73(96)68(82-41-55-23-11-17-29-63(55)91(102)103)46(2)108-85-72(95)60(44-111)80-40-54-22-10-16-28-62(54)90(100)101/h6-35,45-46,59-60,68-69,75,77-82,111-112H,36-44H2,1-5H3,(H2,76,93)(H,83,92)(H,84,96)(H,85,95)(H,86,94)/t45-,46+,59-,60-,68-,69+,75?/m0/s1. The number of nitrogens with two attached hydrogens (primary N) is 1. The Morgan fingerprint density at radius 2 is 0.902 bits per heavy atom. The van der Waals surface area contributed by atoms with Crippen LogP contribution in [0.15, 0.2) is 182 Å². The van der Waals surface area contributed by atoms with Gasteiger partial charge in [-0.1, -0.05) is 133 Å². The van der Waals surface area contributed by atoms with Gasteiger partial charge in [0.15, 0.2) is 0 Å². The summed E-state index contributed by atoms with van der Waals surface area (Å²) < 4.78 is 17.1. The highest BCUT2D eigenvalue weighted by molar-refractivity contribution is 7.81. The second kappa shape index (κ2) is 41.5. The minimum Gasteiger partial charge on any atom is -0.496 e. The summed E-state index contributed by atoms with van der Waals surface area (Å²) in [6, 6.07) is 42.7. The maximum absolute atomic E-state index is 15.4. The van der Waals surface area contributed by atoms with Crippen molar-refractivity contribution in [1.29, 1.82) is 0 Å². The van der Waals surface area contributed by atoms with Gasteiger partial charge in [0.05, 0.1) is 61.3 Å². The molecule has 0 aliphatic heterocycles. The summed E-state index contributed by atoms with van der Waals surface area (Å²) in [7, 11) is 4.53. The van der Waals surface area contributed by atoms with E-state index in [1.165, 1.54) is 102 Å². The van der Waals surface area contributed by atoms with Gasteiger partial charge in [-0.15, -0.1) is 4.94 Å². The molecule has 9 aromatic carbocycles. The number of nitrogens with zero attached hydrogens (tertiary/aromatic N) is 5. The van der Waals surface area contributed by atoms with E-state index in [1.807, 2.05) is 91.0 Å². The van der Waals surface area contributed by atoms with Gasteiger partial charge in [0.1, 0.15) is 46.9 Å². The zero-order valence-corrected chi connectivity index (χ0v) is 63.0. The van der Waals surface area contributed by atoms with Crippen molar-refractivity contribution >= 4 is 110 Å². The summed E-state index contributed by atoms with van der Waals surface area (Å²) in [4.78, 5) is 144. The zero-order valence-electron chi connectivity index (χ0n) is 61.2. The Hall–Kier alpha value is -11.6. The van der Waals surface area contributed by atoms with Crippen LogP contribution in [0.1, 0.15) is 47.2 Å². The molecule has 0 aliphatic rings. The number of benzene rings is 9. The van der Waals surface area contributed by atoms with Gasteiger partial charge in [0, 0.05) is 96.1 Å². The fraction of sp³-hybridized carbons (Fsp3) is 0.280. The number of fused-ring (bicyclic) bond motifs is 3. The Labute approximate surface area is 652 Å². The fourth-order valence-electron chi connectivity index (χ4n) is 11.7. The molecule has 0 bridgehead atoms. The number of para-hydroxylation sites is 3. The lowest BCUT2D eigenvalue weighted by atomic mass is 10.1. The highest BCUT2D eigenvalue weighted by atomic mass is 32.1. The first kappa shape index (κ1) is 84.5. The average molecular weight is 1580 g/mol. The van der Waals surface area contributed by atoms with Crippen molar-refractivity contribution in [2.45, 2.75) is 94.8 Å². The minimum atomic E-state index is -1.86. The van der Waals surface area contributed by atoms with Gasteiger partial charge < -0.3 is 35.9 Å². The lowest BCUT2D eigenvalue weighted by molar-refractivity contribution is -0.416. The summed E-state index contributed by atoms with van der Waals surface area (Å²) in [5, 5.41) is 57.9. The molecule has 37 heteroatoms. The molecule has 0 radical (unpaired) electrons. The number of hydroxylamine groups is 6. The van der Waals surface area contributed by atoms with Crippen LogP contribution in [0, 0.1) is 30.3 Å². The van der Waals surface area contributed by atoms with Gasteiger partial charge in [0.25, 0.3) is 46.6 Å². The first-order valence-electron chi connectivity index (χ1n) is 34.7. The molecular formula is C75H84N16O19S2. The molecule has 9 rings (SSSR count). The summed E-state index contributed by atoms with van der Waals surface area (Å²) in [6.07, 6.45) is -1.38. The van der Waals surface area contributed by atoms with Crippen LogP contribution >= 0.6 is 25.3 Å². The van der Waals surface area contributed by atoms with Crippen LogP contribution in [0.4, 0.5) is 17.1 Å². The lowest BCUT2D eigenvalue weighted by Crippen LogP contribution is -2.64. The fourth-order valence-corrected chi connectivity index (χ4v) is 12.4. The predicted molar refractivity (Wildman–Crippen MR) is 417 cm³/mol. The van der Waals surface area contributed by atoms with E-state index in [9.17, 15) is 49.5 Å². The topological polar surface area (TPSA) is 449 Å². The number of nitro groups is 3. The van der Waals surface area contributed by atoms with E-state index in [0.29, 0.717) is 38.7 Å². The Morgan fingerprint density at radius 1 is 0.482 bits per heavy atom. The number of rotatable bonds is 44. The van der Waals surface area contributed by atoms with Crippen LogP contribution < -0.4 is 73.8 Å². The molecule has 0 saturated heterocycles. The third-order valence-corrected chi connectivity index (χ3v) is 18.5. The Morgan fingerprint density at radius 3 is 1.37 bits per heavy atom. The van der Waals surface area contributed by atoms with Crippen molar-refractivity contribution in [3.05, 3.63) is 246 Å². The van der Waals surface area contributed by atoms with Crippen LogP contribution in [0.3, 0.4) is 0 Å². The average Bonchev–Trinajstić information content (AvgIpc) is 0.821. The van der Waals surface area contributed by atoms with E-state index < -0.39 is 112 Å². The van der Waals surface area contributed by atoms with E-state index in [-0.39, 0.29) is 72.2 Å². The predicted octanol–water partition coefficient (Wildman–Crippen LogP) is 5.92. The highest BCUT2D eigenvalue weighted by Gasteiger charge is 2.41. The van der Waals surface area contributed by atoms with Gasteiger partial charge in [-0.2, -0.15) is 30.2 Å². The molecule has 6 amide bonds. The molecule has 112 heavy (non-hydrogen) atoms. The number of hydrogen-bond acceptors (Lipinski definition) is 28. The summed E-state index contributed by atoms with van der Waals surface area (Å²) in [6.45, 7) is 0.478. The number of hydrogen-bond donors (Lipinski definition) is 13. The first-order chi connectivity index (χ1) is 54.0. The number of primary amides is 1. The van der Waals surface area contributed by atoms with Crippen LogP contribution in [0.2, 0.25) is 0 Å². The second-order valence-corrected chi connectivity index (χ2v) is 26.1. The molecule has 12 N–H and O–H groups in total. The van der Waals surface area contributed by atoms with Crippen LogP contribution in [0.5, 0.6) is 17.2 Å². The molecule has 0 saturated carbocycles. The van der Waals surface area contributed by atoms with Gasteiger partial charge in [-0.05, 0) is 88.3 Å². The maximum atomic E-state index is 15.4. The number of amides is 6.